The lowest BCUT2D eigenvalue weighted by atomic mass is 10.6. The molecular weight excluding hydrogens is 166 g/mol. The van der Waals surface area contributed by atoms with E-state index in [4.69, 9.17) is 0 Å². The van der Waals surface area contributed by atoms with Crippen LogP contribution in [0.25, 0.3) is 0 Å². The molecule has 0 unspecified atom stereocenters. The first-order chi connectivity index (χ1) is 5.75. The van der Waals surface area contributed by atoms with Crippen molar-refractivity contribution >= 4 is 0 Å². The molecule has 5 heteroatoms. The van der Waals surface area contributed by atoms with Crippen LogP contribution in [0.1, 0.15) is 6.92 Å². The maximum absolute atomic E-state index is 12.7. The summed E-state index contributed by atoms with van der Waals surface area (Å²) in [5, 5.41) is 0. The maximum Gasteiger partial charge on any atom is 0.261 e. The molecule has 0 radical (unpaired) electrons. The van der Waals surface area contributed by atoms with E-state index in [1.807, 2.05) is 0 Å². The second-order valence-electron chi connectivity index (χ2n) is 1.87. The fraction of sp³-hybridized carbons (Fsp3) is 0.143. The summed E-state index contributed by atoms with van der Waals surface area (Å²) in [7, 11) is 0. The van der Waals surface area contributed by atoms with Crippen molar-refractivity contribution in [2.45, 2.75) is 6.92 Å². The van der Waals surface area contributed by atoms with Crippen molar-refractivity contribution in [3.8, 4) is 5.88 Å². The summed E-state index contributed by atoms with van der Waals surface area (Å²) in [6.07, 6.45) is 3.61. The normalized spacial score (nSPS) is 10.6. The first-order valence-corrected chi connectivity index (χ1v) is 3.19. The zero-order chi connectivity index (χ0) is 8.97. The van der Waals surface area contributed by atoms with E-state index in [0.29, 0.717) is 0 Å². The zero-order valence-electron chi connectivity index (χ0n) is 6.29. The minimum atomic E-state index is -1.22. The third-order valence-electron chi connectivity index (χ3n) is 1.03. The fourth-order valence-electron chi connectivity index (χ4n) is 0.548. The van der Waals surface area contributed by atoms with Crippen molar-refractivity contribution in [2.75, 3.05) is 0 Å². The molecule has 1 aromatic heterocycles. The molecule has 0 saturated heterocycles. The van der Waals surface area contributed by atoms with E-state index >= 15 is 0 Å². The van der Waals surface area contributed by atoms with E-state index in [9.17, 15) is 8.78 Å². The molecule has 3 nitrogen and oxygen atoms in total. The third-order valence-corrected chi connectivity index (χ3v) is 1.03. The second-order valence-corrected chi connectivity index (χ2v) is 1.87. The van der Waals surface area contributed by atoms with Crippen molar-refractivity contribution in [1.29, 1.82) is 0 Å². The SMILES string of the molecule is C/C=C/Oc1ncnc(F)c1F. The van der Waals surface area contributed by atoms with Crippen molar-refractivity contribution in [3.63, 3.8) is 0 Å². The van der Waals surface area contributed by atoms with Gasteiger partial charge in [0.25, 0.3) is 11.8 Å². The van der Waals surface area contributed by atoms with Gasteiger partial charge in [-0.2, -0.15) is 13.8 Å². The minimum Gasteiger partial charge on any atom is -0.445 e. The Kier molecular flexibility index (Phi) is 2.68. The van der Waals surface area contributed by atoms with Crippen LogP contribution >= 0.6 is 0 Å². The Morgan fingerprint density at radius 2 is 2.17 bits per heavy atom. The van der Waals surface area contributed by atoms with Gasteiger partial charge in [-0.05, 0) is 6.92 Å². The standard InChI is InChI=1S/C7H6F2N2O/c1-2-3-12-7-5(8)6(9)10-4-11-7/h2-4H,1H3/b3-2+. The molecule has 0 spiro atoms. The molecular formula is C7H6F2N2O. The molecule has 0 aliphatic heterocycles. The van der Waals surface area contributed by atoms with Crippen LogP contribution < -0.4 is 4.74 Å². The van der Waals surface area contributed by atoms with E-state index in [0.717, 1.165) is 6.33 Å². The molecule has 0 bridgehead atoms. The third kappa shape index (κ3) is 1.75. The Labute approximate surface area is 67.7 Å². The molecule has 1 aromatic rings. The van der Waals surface area contributed by atoms with Crippen molar-refractivity contribution in [3.05, 3.63) is 30.4 Å². The van der Waals surface area contributed by atoms with Crippen LogP contribution in [0.3, 0.4) is 0 Å². The Hall–Kier alpha value is -1.52. The van der Waals surface area contributed by atoms with Gasteiger partial charge in [0.2, 0.25) is 5.82 Å². The van der Waals surface area contributed by atoms with Crippen LogP contribution in [0.15, 0.2) is 18.7 Å². The highest BCUT2D eigenvalue weighted by atomic mass is 19.2. The van der Waals surface area contributed by atoms with E-state index < -0.39 is 17.6 Å². The largest absolute Gasteiger partial charge is 0.445 e. The predicted octanol–water partition coefficient (Wildman–Crippen LogP) is 1.67. The Bertz CT molecular complexity index is 301. The average molecular weight is 172 g/mol. The van der Waals surface area contributed by atoms with Crippen molar-refractivity contribution in [2.24, 2.45) is 0 Å². The first-order valence-electron chi connectivity index (χ1n) is 3.19. The molecule has 1 heterocycles. The molecule has 12 heavy (non-hydrogen) atoms. The number of aromatic nitrogens is 2. The number of halogens is 2. The van der Waals surface area contributed by atoms with Crippen LogP contribution in [0, 0.1) is 11.8 Å². The lowest BCUT2D eigenvalue weighted by molar-refractivity contribution is 0.384. The molecule has 0 amide bonds. The number of ether oxygens (including phenoxy) is 1. The van der Waals surface area contributed by atoms with Gasteiger partial charge in [0, 0.05) is 0 Å². The summed E-state index contributed by atoms with van der Waals surface area (Å²) in [6.45, 7) is 1.68. The average Bonchev–Trinajstić information content (AvgIpc) is 2.08. The van der Waals surface area contributed by atoms with Crippen LogP contribution in [0.5, 0.6) is 5.88 Å². The molecule has 0 saturated carbocycles. The lowest BCUT2D eigenvalue weighted by Gasteiger charge is -1.98. The number of hydrogen-bond acceptors (Lipinski definition) is 3. The van der Waals surface area contributed by atoms with Crippen molar-refractivity contribution in [1.82, 2.24) is 9.97 Å². The monoisotopic (exact) mass is 172 g/mol. The van der Waals surface area contributed by atoms with Crippen LogP contribution in [-0.2, 0) is 0 Å². The van der Waals surface area contributed by atoms with E-state index in [1.54, 1.807) is 6.92 Å². The molecule has 0 N–H and O–H groups in total. The van der Waals surface area contributed by atoms with Crippen LogP contribution in [0.4, 0.5) is 8.78 Å². The Morgan fingerprint density at radius 3 is 2.83 bits per heavy atom. The van der Waals surface area contributed by atoms with Crippen molar-refractivity contribution < 1.29 is 13.5 Å². The van der Waals surface area contributed by atoms with E-state index in [-0.39, 0.29) is 0 Å². The van der Waals surface area contributed by atoms with E-state index in [1.165, 1.54) is 12.3 Å². The fourth-order valence-corrected chi connectivity index (χ4v) is 0.548. The summed E-state index contributed by atoms with van der Waals surface area (Å²) in [4.78, 5) is 6.37. The molecule has 64 valence electrons. The summed E-state index contributed by atoms with van der Waals surface area (Å²) in [6, 6.07) is 0. The summed E-state index contributed by atoms with van der Waals surface area (Å²) < 4.78 is 29.7. The number of allylic oxidation sites excluding steroid dienone is 1. The van der Waals surface area contributed by atoms with Gasteiger partial charge >= 0.3 is 0 Å². The number of nitrogens with zero attached hydrogens (tertiary/aromatic N) is 2. The summed E-state index contributed by atoms with van der Waals surface area (Å²) >= 11 is 0. The minimum absolute atomic E-state index is 0.416. The lowest BCUT2D eigenvalue weighted by Crippen LogP contribution is -1.96. The highest BCUT2D eigenvalue weighted by Crippen LogP contribution is 2.13. The highest BCUT2D eigenvalue weighted by molar-refractivity contribution is 5.11. The quantitative estimate of drug-likeness (QED) is 0.502. The summed E-state index contributed by atoms with van der Waals surface area (Å²) in [5.41, 5.74) is 0. The van der Waals surface area contributed by atoms with Gasteiger partial charge in [-0.1, -0.05) is 6.08 Å². The van der Waals surface area contributed by atoms with E-state index in [2.05, 4.69) is 14.7 Å². The van der Waals surface area contributed by atoms with Gasteiger partial charge < -0.3 is 4.74 Å². The van der Waals surface area contributed by atoms with Gasteiger partial charge in [-0.15, -0.1) is 0 Å². The molecule has 0 fully saturated rings. The Morgan fingerprint density at radius 1 is 1.42 bits per heavy atom. The maximum atomic E-state index is 12.7. The first kappa shape index (κ1) is 8.58. The molecule has 0 aliphatic carbocycles. The topological polar surface area (TPSA) is 35.0 Å². The predicted molar refractivity (Wildman–Crippen MR) is 37.4 cm³/mol. The molecule has 1 rings (SSSR count). The number of rotatable bonds is 2. The second kappa shape index (κ2) is 3.75. The molecule has 0 atom stereocenters. The van der Waals surface area contributed by atoms with Gasteiger partial charge in [0.1, 0.15) is 6.33 Å². The van der Waals surface area contributed by atoms with Gasteiger partial charge in [0.15, 0.2) is 0 Å². The molecule has 0 aliphatic rings. The van der Waals surface area contributed by atoms with Crippen LogP contribution in [0.2, 0.25) is 0 Å². The Balaban J connectivity index is 2.92. The van der Waals surface area contributed by atoms with Gasteiger partial charge in [0.05, 0.1) is 6.26 Å². The van der Waals surface area contributed by atoms with Gasteiger partial charge in [-0.3, -0.25) is 0 Å². The highest BCUT2D eigenvalue weighted by Gasteiger charge is 2.10. The summed E-state index contributed by atoms with van der Waals surface area (Å²) in [5.74, 6) is -2.82. The smallest absolute Gasteiger partial charge is 0.261 e. The number of hydrogen-bond donors (Lipinski definition) is 0. The van der Waals surface area contributed by atoms with Gasteiger partial charge in [-0.25, -0.2) is 4.98 Å². The zero-order valence-corrected chi connectivity index (χ0v) is 6.29. The van der Waals surface area contributed by atoms with Crippen LogP contribution in [-0.4, -0.2) is 9.97 Å². The molecule has 0 aromatic carbocycles.